The van der Waals surface area contributed by atoms with Gasteiger partial charge in [0.05, 0.1) is 6.10 Å². The Kier molecular flexibility index (Phi) is 5.08. The Morgan fingerprint density at radius 1 is 1.33 bits per heavy atom. The van der Waals surface area contributed by atoms with Crippen molar-refractivity contribution in [3.05, 3.63) is 17.6 Å². The lowest BCUT2D eigenvalue weighted by molar-refractivity contribution is 0.0268. The number of methoxy groups -OCH3 is 1. The maximum atomic E-state index is 5.52. The van der Waals surface area contributed by atoms with Gasteiger partial charge in [-0.1, -0.05) is 27.7 Å². The minimum atomic E-state index is 0.109. The van der Waals surface area contributed by atoms with Gasteiger partial charge >= 0.3 is 0 Å². The summed E-state index contributed by atoms with van der Waals surface area (Å²) in [5.74, 6) is 1.69. The van der Waals surface area contributed by atoms with E-state index in [9.17, 15) is 0 Å². The first-order valence-corrected chi connectivity index (χ1v) is 6.48. The Morgan fingerprint density at radius 2 is 2.00 bits per heavy atom. The van der Waals surface area contributed by atoms with Crippen molar-refractivity contribution < 1.29 is 4.74 Å². The van der Waals surface area contributed by atoms with Crippen LogP contribution in [0.25, 0.3) is 0 Å². The zero-order valence-corrected chi connectivity index (χ0v) is 12.4. The monoisotopic (exact) mass is 251 g/mol. The quantitative estimate of drug-likeness (QED) is 0.874. The van der Waals surface area contributed by atoms with Crippen LogP contribution in [0.3, 0.4) is 0 Å². The van der Waals surface area contributed by atoms with Gasteiger partial charge in [0, 0.05) is 25.4 Å². The first-order chi connectivity index (χ1) is 8.36. The highest BCUT2D eigenvalue weighted by Gasteiger charge is 2.24. The third-order valence-corrected chi connectivity index (χ3v) is 2.97. The number of anilines is 1. The van der Waals surface area contributed by atoms with Crippen LogP contribution in [0.1, 0.15) is 39.2 Å². The van der Waals surface area contributed by atoms with Gasteiger partial charge in [-0.3, -0.25) is 0 Å². The van der Waals surface area contributed by atoms with E-state index in [-0.39, 0.29) is 11.5 Å². The standard InChI is InChI=1S/C14H25N3O/c1-7-11-8-13(17-10(2)16-11)15-9-12(18-6)14(3,4)5/h8,12H,7,9H2,1-6H3,(H,15,16,17). The normalized spacial score (nSPS) is 13.4. The molecule has 4 nitrogen and oxygen atoms in total. The topological polar surface area (TPSA) is 47.0 Å². The van der Waals surface area contributed by atoms with E-state index in [0.29, 0.717) is 0 Å². The molecule has 18 heavy (non-hydrogen) atoms. The van der Waals surface area contributed by atoms with E-state index in [1.807, 2.05) is 13.0 Å². The number of aromatic nitrogens is 2. The van der Waals surface area contributed by atoms with E-state index in [1.165, 1.54) is 0 Å². The molecule has 0 aliphatic heterocycles. The molecule has 4 heteroatoms. The molecule has 1 heterocycles. The first kappa shape index (κ1) is 14.9. The van der Waals surface area contributed by atoms with E-state index in [1.54, 1.807) is 7.11 Å². The molecule has 1 aromatic rings. The third kappa shape index (κ3) is 4.26. The highest BCUT2D eigenvalue weighted by Crippen LogP contribution is 2.22. The van der Waals surface area contributed by atoms with Crippen LogP contribution in [0.5, 0.6) is 0 Å². The SMILES string of the molecule is CCc1cc(NCC(OC)C(C)(C)C)nc(C)n1. The molecule has 0 saturated heterocycles. The van der Waals surface area contributed by atoms with Crippen LogP contribution in [0.4, 0.5) is 5.82 Å². The average molecular weight is 251 g/mol. The molecule has 0 aliphatic carbocycles. The van der Waals surface area contributed by atoms with Crippen molar-refractivity contribution in [2.45, 2.75) is 47.1 Å². The van der Waals surface area contributed by atoms with Gasteiger partial charge in [-0.2, -0.15) is 0 Å². The van der Waals surface area contributed by atoms with Crippen LogP contribution in [-0.2, 0) is 11.2 Å². The molecule has 1 N–H and O–H groups in total. The summed E-state index contributed by atoms with van der Waals surface area (Å²) in [4.78, 5) is 8.76. The molecule has 0 aromatic carbocycles. The van der Waals surface area contributed by atoms with E-state index in [0.717, 1.165) is 30.3 Å². The lowest BCUT2D eigenvalue weighted by atomic mass is 9.89. The van der Waals surface area contributed by atoms with Crippen molar-refractivity contribution in [2.24, 2.45) is 5.41 Å². The second kappa shape index (κ2) is 6.14. The van der Waals surface area contributed by atoms with Crippen molar-refractivity contribution in [3.8, 4) is 0 Å². The van der Waals surface area contributed by atoms with Crippen LogP contribution in [-0.4, -0.2) is 29.7 Å². The first-order valence-electron chi connectivity index (χ1n) is 6.48. The molecule has 1 atom stereocenters. The maximum Gasteiger partial charge on any atom is 0.130 e. The van der Waals surface area contributed by atoms with E-state index < -0.39 is 0 Å². The highest BCUT2D eigenvalue weighted by molar-refractivity contribution is 5.36. The largest absolute Gasteiger partial charge is 0.379 e. The summed E-state index contributed by atoms with van der Waals surface area (Å²) in [6.45, 7) is 11.3. The van der Waals surface area contributed by atoms with Crippen molar-refractivity contribution in [3.63, 3.8) is 0 Å². The van der Waals surface area contributed by atoms with Gasteiger partial charge in [0.15, 0.2) is 0 Å². The number of nitrogens with zero attached hydrogens (tertiary/aromatic N) is 2. The Morgan fingerprint density at radius 3 is 2.50 bits per heavy atom. The predicted molar refractivity (Wildman–Crippen MR) is 74.9 cm³/mol. The molecule has 1 rings (SSSR count). The molecule has 0 amide bonds. The number of nitrogens with one attached hydrogen (secondary N) is 1. The molecule has 1 unspecified atom stereocenters. The van der Waals surface area contributed by atoms with Crippen molar-refractivity contribution >= 4 is 5.82 Å². The molecular weight excluding hydrogens is 226 g/mol. The predicted octanol–water partition coefficient (Wildman–Crippen LogP) is 2.82. The van der Waals surface area contributed by atoms with E-state index in [4.69, 9.17) is 4.74 Å². The summed E-state index contributed by atoms with van der Waals surface area (Å²) >= 11 is 0. The molecule has 0 aliphatic rings. The number of aryl methyl sites for hydroxylation is 2. The smallest absolute Gasteiger partial charge is 0.130 e. The summed E-state index contributed by atoms with van der Waals surface area (Å²) in [5, 5.41) is 3.34. The number of hydrogen-bond donors (Lipinski definition) is 1. The summed E-state index contributed by atoms with van der Waals surface area (Å²) < 4.78 is 5.52. The fourth-order valence-electron chi connectivity index (χ4n) is 1.84. The molecule has 1 aromatic heterocycles. The van der Waals surface area contributed by atoms with Gasteiger partial charge in [-0.25, -0.2) is 9.97 Å². The average Bonchev–Trinajstić information content (AvgIpc) is 2.27. The van der Waals surface area contributed by atoms with Crippen molar-refractivity contribution in [1.29, 1.82) is 0 Å². The van der Waals surface area contributed by atoms with E-state index in [2.05, 4.69) is 43.0 Å². The molecule has 102 valence electrons. The molecule has 0 fully saturated rings. The van der Waals surface area contributed by atoms with Gasteiger partial charge in [0.1, 0.15) is 11.6 Å². The van der Waals surface area contributed by atoms with Gasteiger partial charge < -0.3 is 10.1 Å². The fourth-order valence-corrected chi connectivity index (χ4v) is 1.84. The Labute approximate surface area is 110 Å². The Hall–Kier alpha value is -1.16. The summed E-state index contributed by atoms with van der Waals surface area (Å²) in [6, 6.07) is 2.00. The lowest BCUT2D eigenvalue weighted by Gasteiger charge is -2.29. The van der Waals surface area contributed by atoms with Gasteiger partial charge in [-0.15, -0.1) is 0 Å². The Bertz CT molecular complexity index is 385. The van der Waals surface area contributed by atoms with Crippen LogP contribution < -0.4 is 5.32 Å². The van der Waals surface area contributed by atoms with Crippen LogP contribution in [0.15, 0.2) is 6.07 Å². The zero-order chi connectivity index (χ0) is 13.8. The zero-order valence-electron chi connectivity index (χ0n) is 12.4. The minimum absolute atomic E-state index is 0.109. The second-order valence-electron chi connectivity index (χ2n) is 5.62. The molecule has 0 bridgehead atoms. The van der Waals surface area contributed by atoms with Crippen molar-refractivity contribution in [1.82, 2.24) is 9.97 Å². The Balaban J connectivity index is 2.70. The van der Waals surface area contributed by atoms with Gasteiger partial charge in [0.25, 0.3) is 0 Å². The van der Waals surface area contributed by atoms with Crippen LogP contribution >= 0.6 is 0 Å². The fraction of sp³-hybridized carbons (Fsp3) is 0.714. The summed E-state index contributed by atoms with van der Waals surface area (Å²) in [7, 11) is 1.75. The molecule has 0 saturated carbocycles. The molecule has 0 spiro atoms. The maximum absolute atomic E-state index is 5.52. The number of hydrogen-bond acceptors (Lipinski definition) is 4. The van der Waals surface area contributed by atoms with Crippen LogP contribution in [0, 0.1) is 12.3 Å². The summed E-state index contributed by atoms with van der Waals surface area (Å²) in [6.07, 6.45) is 1.07. The molecule has 0 radical (unpaired) electrons. The highest BCUT2D eigenvalue weighted by atomic mass is 16.5. The second-order valence-corrected chi connectivity index (χ2v) is 5.62. The van der Waals surface area contributed by atoms with Crippen LogP contribution in [0.2, 0.25) is 0 Å². The molecular formula is C14H25N3O. The lowest BCUT2D eigenvalue weighted by Crippen LogP contribution is -2.35. The van der Waals surface area contributed by atoms with Gasteiger partial charge in [0.2, 0.25) is 0 Å². The number of rotatable bonds is 5. The van der Waals surface area contributed by atoms with Crippen molar-refractivity contribution in [2.75, 3.05) is 19.0 Å². The summed E-state index contributed by atoms with van der Waals surface area (Å²) in [5.41, 5.74) is 1.17. The third-order valence-electron chi connectivity index (χ3n) is 2.97. The minimum Gasteiger partial charge on any atom is -0.379 e. The number of ether oxygens (including phenoxy) is 1. The van der Waals surface area contributed by atoms with E-state index >= 15 is 0 Å². The van der Waals surface area contributed by atoms with Gasteiger partial charge in [-0.05, 0) is 18.8 Å².